The van der Waals surface area contributed by atoms with Crippen LogP contribution in [0.4, 0.5) is 0 Å². The Hall–Kier alpha value is -1.36. The Bertz CT molecular complexity index is 721. The van der Waals surface area contributed by atoms with E-state index in [2.05, 4.69) is 48.8 Å². The minimum Gasteiger partial charge on any atom is -0.496 e. The molecule has 0 aliphatic heterocycles. The highest BCUT2D eigenvalue weighted by atomic mass is 32.1. The summed E-state index contributed by atoms with van der Waals surface area (Å²) in [5.74, 6) is 0.987. The third-order valence-electron chi connectivity index (χ3n) is 3.75. The standard InChI is InChI=1S/C17H19NOS2/c1-10-7-12(8-11(2)17(10)19-4)16(18-3)15-9-14-13(21-15)5-6-20-14/h5-9,16,18H,1-4H3. The predicted molar refractivity (Wildman–Crippen MR) is 93.1 cm³/mol. The van der Waals surface area contributed by atoms with Crippen LogP contribution in [0, 0.1) is 13.8 Å². The van der Waals surface area contributed by atoms with Crippen molar-refractivity contribution in [3.05, 3.63) is 51.2 Å². The molecule has 0 spiro atoms. The molecule has 0 bridgehead atoms. The average molecular weight is 317 g/mol. The lowest BCUT2D eigenvalue weighted by Crippen LogP contribution is -2.17. The van der Waals surface area contributed by atoms with Crippen molar-refractivity contribution >= 4 is 32.1 Å². The Morgan fingerprint density at radius 3 is 2.38 bits per heavy atom. The Balaban J connectivity index is 2.05. The quantitative estimate of drug-likeness (QED) is 0.739. The van der Waals surface area contributed by atoms with Crippen molar-refractivity contribution in [3.8, 4) is 5.75 Å². The van der Waals surface area contributed by atoms with E-state index >= 15 is 0 Å². The van der Waals surface area contributed by atoms with Crippen molar-refractivity contribution in [1.29, 1.82) is 0 Å². The second-order valence-electron chi connectivity index (χ2n) is 5.21. The van der Waals surface area contributed by atoms with Crippen molar-refractivity contribution in [1.82, 2.24) is 5.32 Å². The van der Waals surface area contributed by atoms with Crippen molar-refractivity contribution in [2.24, 2.45) is 0 Å². The van der Waals surface area contributed by atoms with Gasteiger partial charge in [0, 0.05) is 14.3 Å². The van der Waals surface area contributed by atoms with Crippen LogP contribution in [0.25, 0.3) is 9.40 Å². The van der Waals surface area contributed by atoms with Crippen LogP contribution in [-0.2, 0) is 0 Å². The van der Waals surface area contributed by atoms with Gasteiger partial charge >= 0.3 is 0 Å². The van der Waals surface area contributed by atoms with Crippen LogP contribution < -0.4 is 10.1 Å². The second kappa shape index (κ2) is 5.79. The van der Waals surface area contributed by atoms with Crippen LogP contribution in [0.3, 0.4) is 0 Å². The van der Waals surface area contributed by atoms with Gasteiger partial charge in [0.2, 0.25) is 0 Å². The Kier molecular flexibility index (Phi) is 4.02. The number of thiophene rings is 2. The highest BCUT2D eigenvalue weighted by Crippen LogP contribution is 2.37. The van der Waals surface area contributed by atoms with E-state index in [0.29, 0.717) is 0 Å². The van der Waals surface area contributed by atoms with Crippen molar-refractivity contribution in [2.75, 3.05) is 14.2 Å². The van der Waals surface area contributed by atoms with E-state index in [1.54, 1.807) is 18.4 Å². The zero-order valence-electron chi connectivity index (χ0n) is 12.7. The molecule has 3 aromatic rings. The molecular weight excluding hydrogens is 298 g/mol. The normalized spacial score (nSPS) is 12.8. The van der Waals surface area contributed by atoms with E-state index in [0.717, 1.165) is 5.75 Å². The van der Waals surface area contributed by atoms with Crippen LogP contribution in [0.1, 0.15) is 27.6 Å². The molecule has 0 aliphatic carbocycles. The summed E-state index contributed by atoms with van der Waals surface area (Å²) < 4.78 is 8.21. The first-order valence-corrected chi connectivity index (χ1v) is 8.63. The van der Waals surface area contributed by atoms with Gasteiger partial charge in [-0.05, 0) is 55.1 Å². The molecule has 1 N–H and O–H groups in total. The summed E-state index contributed by atoms with van der Waals surface area (Å²) in [6, 6.07) is 9.19. The lowest BCUT2D eigenvalue weighted by molar-refractivity contribution is 0.408. The molecule has 0 fully saturated rings. The monoisotopic (exact) mass is 317 g/mol. The van der Waals surface area contributed by atoms with Gasteiger partial charge in [-0.1, -0.05) is 12.1 Å². The number of rotatable bonds is 4. The minimum atomic E-state index is 0.234. The molecule has 2 aromatic heterocycles. The zero-order chi connectivity index (χ0) is 15.0. The number of hydrogen-bond acceptors (Lipinski definition) is 4. The first-order chi connectivity index (χ1) is 10.1. The van der Waals surface area contributed by atoms with Crippen LogP contribution in [0.5, 0.6) is 5.75 Å². The second-order valence-corrected chi connectivity index (χ2v) is 7.27. The number of hydrogen-bond donors (Lipinski definition) is 1. The maximum absolute atomic E-state index is 5.47. The first-order valence-electron chi connectivity index (χ1n) is 6.93. The third-order valence-corrected chi connectivity index (χ3v) is 5.91. The van der Waals surface area contributed by atoms with E-state index in [4.69, 9.17) is 4.74 Å². The fourth-order valence-electron chi connectivity index (χ4n) is 2.87. The molecule has 2 heterocycles. The summed E-state index contributed by atoms with van der Waals surface area (Å²) in [7, 11) is 3.76. The van der Waals surface area contributed by atoms with Crippen LogP contribution in [0.15, 0.2) is 29.6 Å². The lowest BCUT2D eigenvalue weighted by Gasteiger charge is -2.18. The molecule has 1 unspecified atom stereocenters. The molecule has 1 aromatic carbocycles. The number of nitrogens with one attached hydrogen (secondary N) is 1. The fourth-order valence-corrected chi connectivity index (χ4v) is 5.13. The molecule has 0 amide bonds. The summed E-state index contributed by atoms with van der Waals surface area (Å²) in [6.45, 7) is 4.21. The highest BCUT2D eigenvalue weighted by Gasteiger charge is 2.17. The van der Waals surface area contributed by atoms with Gasteiger partial charge in [-0.15, -0.1) is 22.7 Å². The van der Waals surface area contributed by atoms with Crippen LogP contribution in [0.2, 0.25) is 0 Å². The van der Waals surface area contributed by atoms with Crippen LogP contribution >= 0.6 is 22.7 Å². The predicted octanol–water partition coefficient (Wildman–Crippen LogP) is 4.90. The van der Waals surface area contributed by atoms with E-state index in [9.17, 15) is 0 Å². The van der Waals surface area contributed by atoms with Gasteiger partial charge in [0.25, 0.3) is 0 Å². The number of ether oxygens (including phenoxy) is 1. The summed E-state index contributed by atoms with van der Waals surface area (Å²) in [4.78, 5) is 1.36. The van der Waals surface area contributed by atoms with Crippen LogP contribution in [-0.4, -0.2) is 14.2 Å². The van der Waals surface area contributed by atoms with Crippen molar-refractivity contribution < 1.29 is 4.74 Å². The summed E-state index contributed by atoms with van der Waals surface area (Å²) in [6.07, 6.45) is 0. The maximum Gasteiger partial charge on any atom is 0.124 e. The molecule has 2 nitrogen and oxygen atoms in total. The van der Waals surface area contributed by atoms with Gasteiger partial charge in [-0.3, -0.25) is 0 Å². The number of methoxy groups -OCH3 is 1. The Labute approximate surface area is 133 Å². The topological polar surface area (TPSA) is 21.3 Å². The van der Waals surface area contributed by atoms with E-state index in [-0.39, 0.29) is 6.04 Å². The number of fused-ring (bicyclic) bond motifs is 1. The van der Waals surface area contributed by atoms with Gasteiger partial charge < -0.3 is 10.1 Å². The van der Waals surface area contributed by atoms with Crippen molar-refractivity contribution in [2.45, 2.75) is 19.9 Å². The first kappa shape index (κ1) is 14.6. The average Bonchev–Trinajstić information content (AvgIpc) is 3.00. The SMILES string of the molecule is CNC(c1cc(C)c(OC)c(C)c1)c1cc2sccc2s1. The number of aryl methyl sites for hydroxylation is 2. The molecule has 1 atom stereocenters. The molecule has 3 rings (SSSR count). The van der Waals surface area contributed by atoms with Gasteiger partial charge in [0.05, 0.1) is 13.2 Å². The van der Waals surface area contributed by atoms with Gasteiger partial charge in [-0.2, -0.15) is 0 Å². The van der Waals surface area contributed by atoms with Gasteiger partial charge in [0.1, 0.15) is 5.75 Å². The lowest BCUT2D eigenvalue weighted by atomic mass is 9.99. The van der Waals surface area contributed by atoms with E-state index in [1.165, 1.54) is 31.0 Å². The maximum atomic E-state index is 5.47. The third kappa shape index (κ3) is 2.59. The zero-order valence-corrected chi connectivity index (χ0v) is 14.3. The Morgan fingerprint density at radius 2 is 1.81 bits per heavy atom. The molecule has 110 valence electrons. The molecule has 0 aliphatic rings. The largest absolute Gasteiger partial charge is 0.496 e. The molecule has 0 radical (unpaired) electrons. The molecule has 4 heteroatoms. The minimum absolute atomic E-state index is 0.234. The van der Waals surface area contributed by atoms with E-state index < -0.39 is 0 Å². The highest BCUT2D eigenvalue weighted by molar-refractivity contribution is 7.27. The van der Waals surface area contributed by atoms with Gasteiger partial charge in [0.15, 0.2) is 0 Å². The molecule has 0 saturated heterocycles. The molecule has 21 heavy (non-hydrogen) atoms. The number of benzene rings is 1. The summed E-state index contributed by atoms with van der Waals surface area (Å²) in [5.41, 5.74) is 3.67. The fraction of sp³-hybridized carbons (Fsp3) is 0.294. The van der Waals surface area contributed by atoms with Gasteiger partial charge in [-0.25, -0.2) is 0 Å². The Morgan fingerprint density at radius 1 is 1.10 bits per heavy atom. The van der Waals surface area contributed by atoms with Crippen molar-refractivity contribution in [3.63, 3.8) is 0 Å². The van der Waals surface area contributed by atoms with E-state index in [1.807, 2.05) is 18.4 Å². The molecule has 0 saturated carbocycles. The smallest absolute Gasteiger partial charge is 0.124 e. The molecular formula is C17H19NOS2. The summed E-state index contributed by atoms with van der Waals surface area (Å²) in [5, 5.41) is 5.61. The summed E-state index contributed by atoms with van der Waals surface area (Å²) >= 11 is 3.68.